The van der Waals surface area contributed by atoms with Crippen molar-refractivity contribution in [2.75, 3.05) is 20.3 Å². The van der Waals surface area contributed by atoms with Crippen LogP contribution in [-0.4, -0.2) is 47.1 Å². The van der Waals surface area contributed by atoms with Gasteiger partial charge in [0.25, 0.3) is 0 Å². The summed E-state index contributed by atoms with van der Waals surface area (Å²) in [4.78, 5) is 23.3. The molecule has 0 radical (unpaired) electrons. The Morgan fingerprint density at radius 3 is 2.74 bits per heavy atom. The highest BCUT2D eigenvalue weighted by molar-refractivity contribution is 5.99. The molecule has 2 saturated heterocycles. The van der Waals surface area contributed by atoms with Crippen LogP contribution in [0.1, 0.15) is 48.5 Å². The molecule has 6 nitrogen and oxygen atoms in total. The largest absolute Gasteiger partial charge is 0.496 e. The van der Waals surface area contributed by atoms with Crippen LogP contribution in [0.25, 0.3) is 17.5 Å². The van der Waals surface area contributed by atoms with Crippen molar-refractivity contribution in [2.24, 2.45) is 0 Å². The molecule has 2 fully saturated rings. The number of likely N-dealkylation sites (tertiary alicyclic amines) is 1. The van der Waals surface area contributed by atoms with Gasteiger partial charge in [-0.3, -0.25) is 4.79 Å². The number of carbonyl (C=O) groups is 1. The summed E-state index contributed by atoms with van der Waals surface area (Å²) in [5.74, 6) is 1.16. The minimum atomic E-state index is -0.285. The lowest BCUT2D eigenvalue weighted by Crippen LogP contribution is -2.44. The van der Waals surface area contributed by atoms with Gasteiger partial charge in [0.15, 0.2) is 0 Å². The number of ether oxygens (including phenoxy) is 2. The number of aromatic amines is 1. The number of nitrogens with one attached hydrogen (secondary N) is 1. The van der Waals surface area contributed by atoms with E-state index < -0.39 is 0 Å². The number of benzene rings is 2. The molecule has 2 aliphatic rings. The summed E-state index contributed by atoms with van der Waals surface area (Å²) in [6, 6.07) is 12.1. The summed E-state index contributed by atoms with van der Waals surface area (Å²) in [6.45, 7) is 3.27. The summed E-state index contributed by atoms with van der Waals surface area (Å²) in [6.07, 6.45) is 7.14. The maximum Gasteiger partial charge on any atom is 0.250 e. The highest BCUT2D eigenvalue weighted by atomic mass is 19.1. The predicted octanol–water partition coefficient (Wildman–Crippen LogP) is 5.46. The number of carbonyl (C=O) groups excluding carboxylic acids is 1. The number of hydrogen-bond donors (Lipinski definition) is 1. The summed E-state index contributed by atoms with van der Waals surface area (Å²) in [5, 5.41) is 0. The van der Waals surface area contributed by atoms with E-state index in [9.17, 15) is 9.18 Å². The lowest BCUT2D eigenvalue weighted by molar-refractivity contribution is -0.134. The van der Waals surface area contributed by atoms with E-state index in [-0.39, 0.29) is 23.9 Å². The van der Waals surface area contributed by atoms with Crippen LogP contribution in [0.2, 0.25) is 0 Å². The minimum absolute atomic E-state index is 0.00535. The van der Waals surface area contributed by atoms with Crippen LogP contribution in [-0.2, 0) is 9.53 Å². The van der Waals surface area contributed by atoms with Crippen LogP contribution in [0.5, 0.6) is 5.75 Å². The monoisotopic (exact) mass is 475 g/mol. The standard InChI is InChI=1S/C28H30FN3O3/c1-18-17-30-27(31-18)23-12-7-19(16-25(23)34-2)15-21-5-3-13-32(28(21)33)26(24-6-4-14-35-24)20-8-10-22(29)11-9-20/h7-12,15-17,24,26H,3-6,13-14H2,1-2H3,(H,30,31)/t24-,26+/m0/s1. The number of aryl methyl sites for hydroxylation is 1. The smallest absolute Gasteiger partial charge is 0.250 e. The Hall–Kier alpha value is -3.45. The zero-order chi connectivity index (χ0) is 24.4. The van der Waals surface area contributed by atoms with E-state index in [1.165, 1.54) is 12.1 Å². The molecule has 5 rings (SSSR count). The van der Waals surface area contributed by atoms with E-state index in [0.717, 1.165) is 53.0 Å². The molecule has 1 N–H and O–H groups in total. The van der Waals surface area contributed by atoms with E-state index in [1.54, 1.807) is 19.2 Å². The van der Waals surface area contributed by atoms with Gasteiger partial charge in [-0.1, -0.05) is 18.2 Å². The van der Waals surface area contributed by atoms with Crippen molar-refractivity contribution in [3.8, 4) is 17.1 Å². The van der Waals surface area contributed by atoms with Crippen LogP contribution in [0.4, 0.5) is 4.39 Å². The number of imidazole rings is 1. The van der Waals surface area contributed by atoms with Crippen LogP contribution in [0.15, 0.2) is 54.2 Å². The lowest BCUT2D eigenvalue weighted by atomic mass is 9.92. The maximum atomic E-state index is 13.7. The fraction of sp³-hybridized carbons (Fsp3) is 0.357. The third-order valence-corrected chi connectivity index (χ3v) is 6.77. The van der Waals surface area contributed by atoms with Crippen molar-refractivity contribution in [1.29, 1.82) is 0 Å². The first-order valence-electron chi connectivity index (χ1n) is 12.1. The molecule has 0 unspecified atom stereocenters. The Kier molecular flexibility index (Phi) is 6.68. The van der Waals surface area contributed by atoms with Gasteiger partial charge in [0.2, 0.25) is 5.91 Å². The molecular formula is C28H30FN3O3. The zero-order valence-corrected chi connectivity index (χ0v) is 20.1. The molecule has 0 saturated carbocycles. The van der Waals surface area contributed by atoms with E-state index >= 15 is 0 Å². The van der Waals surface area contributed by atoms with Crippen molar-refractivity contribution in [1.82, 2.24) is 14.9 Å². The van der Waals surface area contributed by atoms with Crippen molar-refractivity contribution < 1.29 is 18.7 Å². The summed E-state index contributed by atoms with van der Waals surface area (Å²) in [7, 11) is 1.63. The average Bonchev–Trinajstić information content (AvgIpc) is 3.55. The molecule has 182 valence electrons. The third kappa shape index (κ3) is 4.86. The van der Waals surface area contributed by atoms with Gasteiger partial charge >= 0.3 is 0 Å². The van der Waals surface area contributed by atoms with Crippen molar-refractivity contribution >= 4 is 12.0 Å². The van der Waals surface area contributed by atoms with Gasteiger partial charge in [-0.25, -0.2) is 9.37 Å². The van der Waals surface area contributed by atoms with Crippen molar-refractivity contribution in [3.63, 3.8) is 0 Å². The van der Waals surface area contributed by atoms with Crippen LogP contribution >= 0.6 is 0 Å². The van der Waals surface area contributed by atoms with Gasteiger partial charge in [0, 0.05) is 24.9 Å². The Labute approximate surface area is 204 Å². The highest BCUT2D eigenvalue weighted by Gasteiger charge is 2.37. The van der Waals surface area contributed by atoms with Gasteiger partial charge < -0.3 is 19.4 Å². The summed E-state index contributed by atoms with van der Waals surface area (Å²) < 4.78 is 25.3. The average molecular weight is 476 g/mol. The van der Waals surface area contributed by atoms with E-state index in [1.807, 2.05) is 42.3 Å². The number of aromatic nitrogens is 2. The molecule has 2 atom stereocenters. The number of H-pyrrole nitrogens is 1. The molecule has 2 aromatic carbocycles. The molecule has 35 heavy (non-hydrogen) atoms. The topological polar surface area (TPSA) is 67.5 Å². The number of nitrogens with zero attached hydrogens (tertiary/aromatic N) is 2. The molecular weight excluding hydrogens is 445 g/mol. The normalized spacial score (nSPS) is 20.4. The number of piperidine rings is 1. The molecule has 7 heteroatoms. The van der Waals surface area contributed by atoms with Crippen molar-refractivity contribution in [2.45, 2.75) is 44.8 Å². The molecule has 0 aliphatic carbocycles. The van der Waals surface area contributed by atoms with Crippen LogP contribution in [0, 0.1) is 12.7 Å². The number of rotatable bonds is 6. The molecule has 2 aliphatic heterocycles. The maximum absolute atomic E-state index is 13.7. The first-order valence-corrected chi connectivity index (χ1v) is 12.1. The number of amides is 1. The van der Waals surface area contributed by atoms with Gasteiger partial charge in [0.05, 0.1) is 30.5 Å². The van der Waals surface area contributed by atoms with E-state index in [0.29, 0.717) is 25.3 Å². The van der Waals surface area contributed by atoms with Gasteiger partial charge in [-0.15, -0.1) is 0 Å². The van der Waals surface area contributed by atoms with E-state index in [2.05, 4.69) is 9.97 Å². The molecule has 3 heterocycles. The Balaban J connectivity index is 1.44. The second-order valence-corrected chi connectivity index (χ2v) is 9.17. The molecule has 0 bridgehead atoms. The Morgan fingerprint density at radius 2 is 2.06 bits per heavy atom. The number of halogens is 1. The number of hydrogen-bond acceptors (Lipinski definition) is 4. The lowest BCUT2D eigenvalue weighted by Gasteiger charge is -2.38. The fourth-order valence-corrected chi connectivity index (χ4v) is 5.09. The van der Waals surface area contributed by atoms with Crippen LogP contribution in [0.3, 0.4) is 0 Å². The summed E-state index contributed by atoms with van der Waals surface area (Å²) >= 11 is 0. The minimum Gasteiger partial charge on any atom is -0.496 e. The van der Waals surface area contributed by atoms with Crippen molar-refractivity contribution in [3.05, 3.63) is 76.9 Å². The summed E-state index contributed by atoms with van der Waals surface area (Å²) in [5.41, 5.74) is 4.34. The Bertz CT molecular complexity index is 1230. The predicted molar refractivity (Wildman–Crippen MR) is 132 cm³/mol. The van der Waals surface area contributed by atoms with Gasteiger partial charge in [-0.05, 0) is 74.1 Å². The first kappa shape index (κ1) is 23.3. The van der Waals surface area contributed by atoms with Gasteiger partial charge in [0.1, 0.15) is 17.4 Å². The molecule has 1 amide bonds. The Morgan fingerprint density at radius 1 is 1.23 bits per heavy atom. The number of methoxy groups -OCH3 is 1. The second kappa shape index (κ2) is 10.0. The highest BCUT2D eigenvalue weighted by Crippen LogP contribution is 2.36. The molecule has 3 aromatic rings. The molecule has 0 spiro atoms. The second-order valence-electron chi connectivity index (χ2n) is 9.17. The quantitative estimate of drug-likeness (QED) is 0.481. The SMILES string of the molecule is COc1cc(C=C2CCCN([C@H](c3ccc(F)cc3)[C@@H]3CCCO3)C2=O)ccc1-c1nc(C)c[nH]1. The van der Waals surface area contributed by atoms with E-state index in [4.69, 9.17) is 9.47 Å². The first-order chi connectivity index (χ1) is 17.0. The van der Waals surface area contributed by atoms with Crippen LogP contribution < -0.4 is 4.74 Å². The van der Waals surface area contributed by atoms with Gasteiger partial charge in [-0.2, -0.15) is 0 Å². The molecule has 1 aromatic heterocycles. The fourth-order valence-electron chi connectivity index (χ4n) is 5.09. The zero-order valence-electron chi connectivity index (χ0n) is 20.1. The third-order valence-electron chi connectivity index (χ3n) is 6.77.